The predicted octanol–water partition coefficient (Wildman–Crippen LogP) is 9.24. The normalized spacial score (nSPS) is 36.6. The van der Waals surface area contributed by atoms with Gasteiger partial charge in [-0.2, -0.15) is 0 Å². The Labute approximate surface area is 285 Å². The van der Waals surface area contributed by atoms with Crippen molar-refractivity contribution in [1.29, 1.82) is 0 Å². The maximum atomic E-state index is 7.71. The van der Waals surface area contributed by atoms with Gasteiger partial charge >= 0.3 is 8.80 Å². The van der Waals surface area contributed by atoms with Crippen molar-refractivity contribution in [1.82, 2.24) is 0 Å². The van der Waals surface area contributed by atoms with Crippen LogP contribution in [-0.4, -0.2) is 58.2 Å². The second-order valence-corrected chi connectivity index (χ2v) is 34.5. The maximum Gasteiger partial charge on any atom is 0.505 e. The molecule has 5 nitrogen and oxygen atoms in total. The molecule has 6 aliphatic rings. The van der Waals surface area contributed by atoms with E-state index in [2.05, 4.69) is 69.6 Å². The highest BCUT2D eigenvalue weighted by Gasteiger charge is 2.55. The zero-order valence-electron chi connectivity index (χ0n) is 29.9. The fourth-order valence-corrected chi connectivity index (χ4v) is 26.4. The van der Waals surface area contributed by atoms with Gasteiger partial charge in [0.05, 0.1) is 24.4 Å². The van der Waals surface area contributed by atoms with Crippen LogP contribution in [0.1, 0.15) is 83.5 Å². The van der Waals surface area contributed by atoms with Crippen molar-refractivity contribution >= 4 is 38.9 Å². The van der Waals surface area contributed by atoms with Gasteiger partial charge in [-0.3, -0.25) is 0 Å². The van der Waals surface area contributed by atoms with Crippen molar-refractivity contribution in [2.45, 2.75) is 165 Å². The number of benzene rings is 1. The van der Waals surface area contributed by atoms with Crippen molar-refractivity contribution in [3.63, 3.8) is 0 Å². The molecule has 9 atom stereocenters. The Morgan fingerprint density at radius 2 is 0.978 bits per heavy atom. The molecular formula is C37H64O5Si4. The van der Waals surface area contributed by atoms with Crippen LogP contribution >= 0.6 is 0 Å². The van der Waals surface area contributed by atoms with E-state index in [1.54, 1.807) is 0 Å². The molecule has 0 spiro atoms. The van der Waals surface area contributed by atoms with Gasteiger partial charge in [-0.25, -0.2) is 0 Å². The van der Waals surface area contributed by atoms with Gasteiger partial charge in [0, 0.05) is 5.19 Å². The van der Waals surface area contributed by atoms with Gasteiger partial charge in [0.15, 0.2) is 25.0 Å². The fraction of sp³-hybridized carbons (Fsp3) is 0.838. The molecule has 0 radical (unpaired) electrons. The summed E-state index contributed by atoms with van der Waals surface area (Å²) in [6.07, 6.45) is 19.6. The van der Waals surface area contributed by atoms with Crippen LogP contribution in [0.2, 0.25) is 57.4 Å². The van der Waals surface area contributed by atoms with E-state index in [0.717, 1.165) is 29.6 Å². The van der Waals surface area contributed by atoms with E-state index in [1.807, 2.05) is 0 Å². The van der Waals surface area contributed by atoms with Crippen molar-refractivity contribution in [2.24, 2.45) is 29.6 Å². The molecule has 7 rings (SSSR count). The lowest BCUT2D eigenvalue weighted by molar-refractivity contribution is 0.260. The zero-order chi connectivity index (χ0) is 32.2. The van der Waals surface area contributed by atoms with Crippen LogP contribution in [-0.2, 0) is 21.8 Å². The van der Waals surface area contributed by atoms with Gasteiger partial charge < -0.3 is 21.8 Å². The van der Waals surface area contributed by atoms with Crippen LogP contribution in [0.25, 0.3) is 0 Å². The summed E-state index contributed by atoms with van der Waals surface area (Å²) < 4.78 is 34.9. The van der Waals surface area contributed by atoms with Gasteiger partial charge in [-0.1, -0.05) is 56.0 Å². The second kappa shape index (κ2) is 13.5. The molecule has 2 saturated heterocycles. The average molecular weight is 701 g/mol. The summed E-state index contributed by atoms with van der Waals surface area (Å²) in [7, 11) is -9.59. The Balaban J connectivity index is 1.09. The minimum Gasteiger partial charge on any atom is -0.413 e. The Bertz CT molecular complexity index is 1070. The first kappa shape index (κ1) is 34.3. The lowest BCUT2D eigenvalue weighted by Crippen LogP contribution is -2.68. The number of fused-ring (bicyclic) bond motifs is 3. The van der Waals surface area contributed by atoms with Gasteiger partial charge in [-0.15, -0.1) is 0 Å². The minimum atomic E-state index is -3.22. The lowest BCUT2D eigenvalue weighted by Gasteiger charge is -2.45. The third-order valence-electron chi connectivity index (χ3n) is 12.7. The number of hydrogen-bond acceptors (Lipinski definition) is 5. The molecule has 0 bridgehead atoms. The largest absolute Gasteiger partial charge is 0.505 e. The molecule has 6 fully saturated rings. The summed E-state index contributed by atoms with van der Waals surface area (Å²) in [6.45, 7) is 14.8. The molecule has 9 unspecified atom stereocenters. The van der Waals surface area contributed by atoms with Gasteiger partial charge in [0.1, 0.15) is 0 Å². The second-order valence-electron chi connectivity index (χ2n) is 18.3. The third-order valence-corrected chi connectivity index (χ3v) is 28.1. The SMILES string of the molecule is C[Si](C)(CCC1CCC2CC2C1)O[Si](O[Si](C)(C)CCC1CCC2OC2C1)(O[Si](C)(C)CCC1CCC2OC2C1)c1ccccc1. The smallest absolute Gasteiger partial charge is 0.413 e. The number of ether oxygens (including phenoxy) is 2. The van der Waals surface area contributed by atoms with Crippen molar-refractivity contribution in [3.8, 4) is 0 Å². The molecule has 0 aromatic heterocycles. The first-order valence-electron chi connectivity index (χ1n) is 19.3. The first-order valence-corrected chi connectivity index (χ1v) is 30.4. The minimum absolute atomic E-state index is 0.545. The molecule has 258 valence electrons. The Morgan fingerprint density at radius 1 is 0.522 bits per heavy atom. The van der Waals surface area contributed by atoms with E-state index in [0.29, 0.717) is 24.4 Å². The predicted molar refractivity (Wildman–Crippen MR) is 197 cm³/mol. The van der Waals surface area contributed by atoms with E-state index < -0.39 is 33.8 Å². The lowest BCUT2D eigenvalue weighted by atomic mass is 9.87. The van der Waals surface area contributed by atoms with E-state index >= 15 is 0 Å². The Hall–Kier alpha value is -0.112. The highest BCUT2D eigenvalue weighted by atomic mass is 28.5. The van der Waals surface area contributed by atoms with Crippen LogP contribution in [0.5, 0.6) is 0 Å². The molecule has 4 saturated carbocycles. The van der Waals surface area contributed by atoms with Gasteiger partial charge in [0.25, 0.3) is 0 Å². The summed E-state index contributed by atoms with van der Waals surface area (Å²) in [5.74, 6) is 4.54. The fourth-order valence-electron chi connectivity index (χ4n) is 9.49. The highest BCUT2D eigenvalue weighted by Crippen LogP contribution is 2.52. The zero-order valence-corrected chi connectivity index (χ0v) is 33.9. The standard InChI is InChI=1S/C37H64O5Si4/c1-43(2,21-18-28-12-15-31-27-32(31)24-28)40-46(33-10-8-7-9-11-33,41-44(3,4)22-19-29-13-16-34-36(25-29)38-34)42-45(5,6)23-20-30-14-17-35-37(26-30)39-35/h7-11,28-32,34-37H,12-27H2,1-6H3. The van der Waals surface area contributed by atoms with Crippen molar-refractivity contribution in [2.75, 3.05) is 0 Å². The quantitative estimate of drug-likeness (QED) is 0.127. The topological polar surface area (TPSA) is 52.8 Å². The van der Waals surface area contributed by atoms with Crippen LogP contribution in [0.4, 0.5) is 0 Å². The first-order chi connectivity index (χ1) is 21.9. The van der Waals surface area contributed by atoms with E-state index in [9.17, 15) is 0 Å². The summed E-state index contributed by atoms with van der Waals surface area (Å²) in [4.78, 5) is 0. The number of epoxide rings is 2. The summed E-state index contributed by atoms with van der Waals surface area (Å²) >= 11 is 0. The third kappa shape index (κ3) is 8.97. The van der Waals surface area contributed by atoms with Crippen LogP contribution in [0, 0.1) is 29.6 Å². The Morgan fingerprint density at radius 3 is 1.43 bits per heavy atom. The molecule has 9 heteroatoms. The number of rotatable bonds is 16. The van der Waals surface area contributed by atoms with E-state index in [-0.39, 0.29) is 0 Å². The number of hydrogen-bond donors (Lipinski definition) is 0. The van der Waals surface area contributed by atoms with Crippen LogP contribution in [0.3, 0.4) is 0 Å². The van der Waals surface area contributed by atoms with Crippen molar-refractivity contribution < 1.29 is 21.8 Å². The summed E-state index contributed by atoms with van der Waals surface area (Å²) in [5, 5.41) is 1.20. The molecule has 1 aromatic rings. The monoisotopic (exact) mass is 700 g/mol. The van der Waals surface area contributed by atoms with E-state index in [4.69, 9.17) is 21.8 Å². The molecule has 0 N–H and O–H groups in total. The van der Waals surface area contributed by atoms with E-state index in [1.165, 1.54) is 107 Å². The molecule has 46 heavy (non-hydrogen) atoms. The Kier molecular flexibility index (Phi) is 10.1. The highest BCUT2D eigenvalue weighted by molar-refractivity contribution is 6.96. The van der Waals surface area contributed by atoms with Crippen LogP contribution in [0.15, 0.2) is 30.3 Å². The molecule has 0 amide bonds. The molecular weight excluding hydrogens is 637 g/mol. The molecule has 1 aromatic carbocycles. The van der Waals surface area contributed by atoms with Crippen LogP contribution < -0.4 is 5.19 Å². The molecule has 2 heterocycles. The maximum absolute atomic E-state index is 7.71. The average Bonchev–Trinajstić information content (AvgIpc) is 3.89. The summed E-state index contributed by atoms with van der Waals surface area (Å²) in [5.41, 5.74) is 0. The van der Waals surface area contributed by atoms with Crippen molar-refractivity contribution in [3.05, 3.63) is 30.3 Å². The molecule has 2 aliphatic heterocycles. The summed E-state index contributed by atoms with van der Waals surface area (Å²) in [6, 6.07) is 14.6. The molecule has 4 aliphatic carbocycles. The van der Waals surface area contributed by atoms with Gasteiger partial charge in [0.2, 0.25) is 0 Å². The van der Waals surface area contributed by atoms with Gasteiger partial charge in [-0.05, 0) is 145 Å².